The molecule has 0 aliphatic carbocycles. The maximum absolute atomic E-state index is 12.0. The van der Waals surface area contributed by atoms with Gasteiger partial charge in [0.05, 0.1) is 13.7 Å². The highest BCUT2D eigenvalue weighted by Crippen LogP contribution is 2.29. The Morgan fingerprint density at radius 2 is 2.17 bits per heavy atom. The van der Waals surface area contributed by atoms with E-state index in [0.29, 0.717) is 31.9 Å². The molecular formula is C17H23NO4S. The number of hydrogen-bond acceptors (Lipinski definition) is 5. The van der Waals surface area contributed by atoms with Crippen LogP contribution in [0.2, 0.25) is 0 Å². The molecule has 0 radical (unpaired) electrons. The zero-order valence-electron chi connectivity index (χ0n) is 13.8. The van der Waals surface area contributed by atoms with Crippen LogP contribution in [0, 0.1) is 0 Å². The van der Waals surface area contributed by atoms with E-state index in [1.165, 1.54) is 11.8 Å². The van der Waals surface area contributed by atoms with Crippen molar-refractivity contribution >= 4 is 22.8 Å². The summed E-state index contributed by atoms with van der Waals surface area (Å²) in [5, 5.41) is 0.163. The van der Waals surface area contributed by atoms with E-state index < -0.39 is 0 Å². The lowest BCUT2D eigenvalue weighted by molar-refractivity contribution is -0.127. The summed E-state index contributed by atoms with van der Waals surface area (Å²) in [6.07, 6.45) is 1.21. The van der Waals surface area contributed by atoms with E-state index >= 15 is 0 Å². The summed E-state index contributed by atoms with van der Waals surface area (Å²) in [6, 6.07) is 5.85. The lowest BCUT2D eigenvalue weighted by Gasteiger charge is -2.17. The molecule has 0 N–H and O–H groups in total. The second kappa shape index (κ2) is 8.24. The molecule has 1 fully saturated rings. The number of likely N-dealkylation sites (tertiary alicyclic amines) is 1. The van der Waals surface area contributed by atoms with Crippen molar-refractivity contribution in [2.45, 2.75) is 31.9 Å². The molecule has 2 rings (SSSR count). The first-order chi connectivity index (χ1) is 11.0. The highest BCUT2D eigenvalue weighted by Gasteiger charge is 2.30. The number of rotatable bonds is 7. The molecule has 1 aliphatic rings. The number of carbonyl (C=O) groups is 2. The molecule has 6 heteroatoms. The lowest BCUT2D eigenvalue weighted by atomic mass is 10.1. The van der Waals surface area contributed by atoms with Crippen molar-refractivity contribution in [3.8, 4) is 11.5 Å². The Bertz CT molecular complexity index is 576. The average Bonchev–Trinajstić information content (AvgIpc) is 2.85. The van der Waals surface area contributed by atoms with Gasteiger partial charge in [-0.2, -0.15) is 0 Å². The minimum absolute atomic E-state index is 0.0703. The second-order valence-corrected chi connectivity index (χ2v) is 6.92. The predicted octanol–water partition coefficient (Wildman–Crippen LogP) is 2.52. The summed E-state index contributed by atoms with van der Waals surface area (Å²) in [5.41, 5.74) is 1.10. The molecule has 1 atom stereocenters. The smallest absolute Gasteiger partial charge is 0.223 e. The van der Waals surface area contributed by atoms with Crippen molar-refractivity contribution < 1.29 is 19.1 Å². The van der Waals surface area contributed by atoms with Crippen molar-refractivity contribution in [1.29, 1.82) is 0 Å². The molecule has 0 saturated carbocycles. The third-order valence-corrected chi connectivity index (χ3v) is 4.69. The number of nitrogens with zero attached hydrogens (tertiary/aromatic N) is 1. The minimum atomic E-state index is 0.0703. The van der Waals surface area contributed by atoms with Gasteiger partial charge in [-0.05, 0) is 31.0 Å². The Hall–Kier alpha value is -1.69. The molecule has 0 bridgehead atoms. The van der Waals surface area contributed by atoms with Crippen LogP contribution in [-0.2, 0) is 16.0 Å². The first-order valence-electron chi connectivity index (χ1n) is 7.78. The number of amides is 1. The normalized spacial score (nSPS) is 17.4. The van der Waals surface area contributed by atoms with E-state index in [1.807, 2.05) is 30.0 Å². The summed E-state index contributed by atoms with van der Waals surface area (Å²) < 4.78 is 10.9. The van der Waals surface area contributed by atoms with Crippen molar-refractivity contribution in [3.05, 3.63) is 23.8 Å². The summed E-state index contributed by atoms with van der Waals surface area (Å²) in [7, 11) is 1.62. The quantitative estimate of drug-likeness (QED) is 0.765. The summed E-state index contributed by atoms with van der Waals surface area (Å²) >= 11 is 1.27. The third kappa shape index (κ3) is 4.89. The Morgan fingerprint density at radius 3 is 2.83 bits per heavy atom. The van der Waals surface area contributed by atoms with Gasteiger partial charge in [0.1, 0.15) is 0 Å². The topological polar surface area (TPSA) is 55.8 Å². The van der Waals surface area contributed by atoms with Gasteiger partial charge in [-0.25, -0.2) is 0 Å². The lowest BCUT2D eigenvalue weighted by Crippen LogP contribution is -2.28. The Labute approximate surface area is 141 Å². The SMILES string of the molecule is CCOc1ccc(CCN2CC(SC(C)=O)CC2=O)cc1OC. The monoisotopic (exact) mass is 337 g/mol. The van der Waals surface area contributed by atoms with E-state index in [9.17, 15) is 9.59 Å². The highest BCUT2D eigenvalue weighted by atomic mass is 32.2. The number of ether oxygens (including phenoxy) is 2. The van der Waals surface area contributed by atoms with E-state index in [-0.39, 0.29) is 16.3 Å². The number of methoxy groups -OCH3 is 1. The number of carbonyl (C=O) groups excluding carboxylic acids is 2. The van der Waals surface area contributed by atoms with Gasteiger partial charge in [-0.15, -0.1) is 0 Å². The molecule has 1 aromatic rings. The molecule has 5 nitrogen and oxygen atoms in total. The maximum Gasteiger partial charge on any atom is 0.223 e. The first-order valence-corrected chi connectivity index (χ1v) is 8.66. The molecule has 1 unspecified atom stereocenters. The molecule has 0 spiro atoms. The third-order valence-electron chi connectivity index (χ3n) is 3.71. The average molecular weight is 337 g/mol. The fourth-order valence-corrected chi connectivity index (χ4v) is 3.62. The first kappa shape index (κ1) is 17.7. The van der Waals surface area contributed by atoms with Gasteiger partial charge in [0.15, 0.2) is 16.6 Å². The maximum atomic E-state index is 12.0. The van der Waals surface area contributed by atoms with Gasteiger partial charge in [-0.1, -0.05) is 17.8 Å². The van der Waals surface area contributed by atoms with Crippen molar-refractivity contribution in [2.24, 2.45) is 0 Å². The van der Waals surface area contributed by atoms with Crippen molar-refractivity contribution in [2.75, 3.05) is 26.8 Å². The molecule has 1 aliphatic heterocycles. The molecule has 1 saturated heterocycles. The number of benzene rings is 1. The van der Waals surface area contributed by atoms with E-state index in [2.05, 4.69) is 0 Å². The van der Waals surface area contributed by atoms with Crippen LogP contribution in [0.1, 0.15) is 25.8 Å². The highest BCUT2D eigenvalue weighted by molar-refractivity contribution is 8.14. The van der Waals surface area contributed by atoms with Crippen LogP contribution in [0.15, 0.2) is 18.2 Å². The predicted molar refractivity (Wildman–Crippen MR) is 91.1 cm³/mol. The fraction of sp³-hybridized carbons (Fsp3) is 0.529. The van der Waals surface area contributed by atoms with Gasteiger partial charge >= 0.3 is 0 Å². The largest absolute Gasteiger partial charge is 0.493 e. The molecular weight excluding hydrogens is 314 g/mol. The number of hydrogen-bond donors (Lipinski definition) is 0. The van der Waals surface area contributed by atoms with Gasteiger partial charge in [-0.3, -0.25) is 9.59 Å². The van der Waals surface area contributed by atoms with E-state index in [1.54, 1.807) is 14.0 Å². The van der Waals surface area contributed by atoms with Crippen LogP contribution in [0.3, 0.4) is 0 Å². The van der Waals surface area contributed by atoms with Gasteiger partial charge in [0, 0.05) is 31.7 Å². The molecule has 1 heterocycles. The molecule has 126 valence electrons. The van der Waals surface area contributed by atoms with Crippen LogP contribution >= 0.6 is 11.8 Å². The van der Waals surface area contributed by atoms with Gasteiger partial charge in [0.2, 0.25) is 5.91 Å². The van der Waals surface area contributed by atoms with Crippen LogP contribution < -0.4 is 9.47 Å². The Morgan fingerprint density at radius 1 is 1.39 bits per heavy atom. The zero-order chi connectivity index (χ0) is 16.8. The van der Waals surface area contributed by atoms with Crippen LogP contribution in [0.5, 0.6) is 11.5 Å². The van der Waals surface area contributed by atoms with Crippen molar-refractivity contribution in [1.82, 2.24) is 4.90 Å². The molecule has 0 aromatic heterocycles. The van der Waals surface area contributed by atoms with Crippen LogP contribution in [0.4, 0.5) is 0 Å². The van der Waals surface area contributed by atoms with Crippen LogP contribution in [-0.4, -0.2) is 48.0 Å². The molecule has 1 amide bonds. The molecule has 23 heavy (non-hydrogen) atoms. The minimum Gasteiger partial charge on any atom is -0.493 e. The standard InChI is InChI=1S/C17H23NO4S/c1-4-22-15-6-5-13(9-16(15)21-3)7-8-18-11-14(10-17(18)20)23-12(2)19/h5-6,9,14H,4,7-8,10-11H2,1-3H3. The number of thioether (sulfide) groups is 1. The van der Waals surface area contributed by atoms with Gasteiger partial charge in [0.25, 0.3) is 0 Å². The Kier molecular flexibility index (Phi) is 6.33. The van der Waals surface area contributed by atoms with E-state index in [0.717, 1.165) is 17.7 Å². The summed E-state index contributed by atoms with van der Waals surface area (Å²) in [6.45, 7) is 5.38. The van der Waals surface area contributed by atoms with Crippen LogP contribution in [0.25, 0.3) is 0 Å². The zero-order valence-corrected chi connectivity index (χ0v) is 14.6. The Balaban J connectivity index is 1.93. The molecule has 1 aromatic carbocycles. The van der Waals surface area contributed by atoms with Gasteiger partial charge < -0.3 is 14.4 Å². The fourth-order valence-electron chi connectivity index (χ4n) is 2.67. The summed E-state index contributed by atoms with van der Waals surface area (Å²) in [5.74, 6) is 1.57. The van der Waals surface area contributed by atoms with E-state index in [4.69, 9.17) is 9.47 Å². The van der Waals surface area contributed by atoms with Crippen molar-refractivity contribution in [3.63, 3.8) is 0 Å². The summed E-state index contributed by atoms with van der Waals surface area (Å²) in [4.78, 5) is 25.0. The second-order valence-electron chi connectivity index (χ2n) is 5.44.